The molecule has 31 heavy (non-hydrogen) atoms. The van der Waals surface area contributed by atoms with E-state index in [1.165, 1.54) is 11.8 Å². The van der Waals surface area contributed by atoms with Crippen molar-refractivity contribution >= 4 is 50.0 Å². The third-order valence-corrected chi connectivity index (χ3v) is 8.65. The summed E-state index contributed by atoms with van der Waals surface area (Å²) >= 11 is 7.69. The van der Waals surface area contributed by atoms with Gasteiger partial charge < -0.3 is 20.1 Å². The molecular formula is C20H18ClN3O5S2. The fourth-order valence-electron chi connectivity index (χ4n) is 3.63. The van der Waals surface area contributed by atoms with Gasteiger partial charge in [-0.2, -0.15) is 0 Å². The number of ether oxygens (including phenoxy) is 2. The van der Waals surface area contributed by atoms with E-state index >= 15 is 0 Å². The molecule has 1 amide bonds. The summed E-state index contributed by atoms with van der Waals surface area (Å²) in [6, 6.07) is 10.2. The molecule has 1 fully saturated rings. The Kier molecular flexibility index (Phi) is 5.23. The number of halogens is 1. The predicted octanol–water partition coefficient (Wildman–Crippen LogP) is 2.68. The molecule has 11 heteroatoms. The topological polar surface area (TPSA) is 106 Å². The van der Waals surface area contributed by atoms with Gasteiger partial charge in [-0.3, -0.25) is 9.79 Å². The maximum Gasteiger partial charge on any atom is 0.251 e. The van der Waals surface area contributed by atoms with Crippen LogP contribution in [0.3, 0.4) is 0 Å². The minimum absolute atomic E-state index is 0.0699. The van der Waals surface area contributed by atoms with E-state index < -0.39 is 9.84 Å². The number of nitrogens with one attached hydrogen (secondary N) is 2. The summed E-state index contributed by atoms with van der Waals surface area (Å²) in [7, 11) is -3.01. The first-order valence-corrected chi connectivity index (χ1v) is 12.6. The molecule has 0 aromatic heterocycles. The second-order valence-corrected chi connectivity index (χ2v) is 11.2. The van der Waals surface area contributed by atoms with Crippen molar-refractivity contribution in [1.29, 1.82) is 0 Å². The number of carbonyl (C=O) groups is 1. The van der Waals surface area contributed by atoms with E-state index in [-0.39, 0.29) is 35.5 Å². The Balaban J connectivity index is 1.25. The van der Waals surface area contributed by atoms with Crippen molar-refractivity contribution in [2.75, 3.05) is 23.6 Å². The zero-order valence-corrected chi connectivity index (χ0v) is 18.5. The lowest BCUT2D eigenvalue weighted by Gasteiger charge is -2.11. The van der Waals surface area contributed by atoms with Gasteiger partial charge in [0, 0.05) is 17.4 Å². The van der Waals surface area contributed by atoms with Crippen LogP contribution >= 0.6 is 23.4 Å². The van der Waals surface area contributed by atoms with E-state index in [9.17, 15) is 13.2 Å². The number of amides is 1. The number of fused-ring (bicyclic) bond motifs is 2. The highest BCUT2D eigenvalue weighted by Gasteiger charge is 2.42. The molecule has 2 unspecified atom stereocenters. The average Bonchev–Trinajstić information content (AvgIpc) is 3.39. The second-order valence-electron chi connectivity index (χ2n) is 7.42. The molecule has 1 saturated heterocycles. The van der Waals surface area contributed by atoms with E-state index in [4.69, 9.17) is 21.1 Å². The van der Waals surface area contributed by atoms with Gasteiger partial charge in [0.05, 0.1) is 28.3 Å². The first-order valence-electron chi connectivity index (χ1n) is 9.54. The number of aliphatic imine (C=N–C) groups is 1. The number of sulfone groups is 1. The molecule has 5 rings (SSSR count). The zero-order valence-electron chi connectivity index (χ0n) is 16.1. The Labute approximate surface area is 188 Å². The van der Waals surface area contributed by atoms with Crippen LogP contribution < -0.4 is 20.1 Å². The smallest absolute Gasteiger partial charge is 0.251 e. The number of hydrogen-bond donors (Lipinski definition) is 2. The maximum atomic E-state index is 12.6. The van der Waals surface area contributed by atoms with E-state index in [2.05, 4.69) is 15.6 Å². The zero-order chi connectivity index (χ0) is 21.6. The van der Waals surface area contributed by atoms with Crippen molar-refractivity contribution in [3.05, 3.63) is 52.5 Å². The second kappa shape index (κ2) is 7.92. The van der Waals surface area contributed by atoms with Gasteiger partial charge in [-0.15, -0.1) is 0 Å². The van der Waals surface area contributed by atoms with Crippen molar-refractivity contribution in [1.82, 2.24) is 5.32 Å². The van der Waals surface area contributed by atoms with E-state index in [1.807, 2.05) is 18.2 Å². The van der Waals surface area contributed by atoms with Crippen LogP contribution in [0.5, 0.6) is 11.5 Å². The lowest BCUT2D eigenvalue weighted by atomic mass is 10.1. The first kappa shape index (κ1) is 20.5. The minimum Gasteiger partial charge on any atom is -0.454 e. The molecule has 0 bridgehead atoms. The van der Waals surface area contributed by atoms with Gasteiger partial charge in [0.1, 0.15) is 0 Å². The van der Waals surface area contributed by atoms with Gasteiger partial charge in [0.15, 0.2) is 26.5 Å². The lowest BCUT2D eigenvalue weighted by Crippen LogP contribution is -2.23. The molecule has 3 heterocycles. The number of anilines is 1. The largest absolute Gasteiger partial charge is 0.454 e. The molecule has 3 aliphatic rings. The third-order valence-electron chi connectivity index (χ3n) is 5.18. The van der Waals surface area contributed by atoms with Crippen LogP contribution in [0, 0.1) is 0 Å². The standard InChI is InChI=1S/C20H18ClN3O5S2/c21-13-3-2-12(19(25)22-7-11-1-4-16-17(5-11)29-10-28-16)6-14(13)23-20-24-15-8-31(26,27)9-18(15)30-20/h1-6,15,18H,7-10H2,(H,22,25)(H,23,24). The monoisotopic (exact) mass is 479 g/mol. The lowest BCUT2D eigenvalue weighted by molar-refractivity contribution is 0.0951. The first-order chi connectivity index (χ1) is 14.9. The Hall–Kier alpha value is -2.43. The predicted molar refractivity (Wildman–Crippen MR) is 120 cm³/mol. The maximum absolute atomic E-state index is 12.6. The number of thioether (sulfide) groups is 1. The Morgan fingerprint density at radius 2 is 2.00 bits per heavy atom. The van der Waals surface area contributed by atoms with Crippen LogP contribution in [-0.2, 0) is 16.4 Å². The number of rotatable bonds is 4. The molecule has 8 nitrogen and oxygen atoms in total. The normalized spacial score (nSPS) is 22.7. The van der Waals surface area contributed by atoms with Crippen LogP contribution in [0.1, 0.15) is 15.9 Å². The SMILES string of the molecule is O=C(NCc1ccc2c(c1)OCO2)c1ccc(Cl)c(NC2=NC3CS(=O)(=O)CC3S2)c1. The fourth-order valence-corrected chi connectivity index (χ4v) is 7.46. The third kappa shape index (κ3) is 4.32. The molecule has 0 radical (unpaired) electrons. The Morgan fingerprint density at radius 3 is 2.84 bits per heavy atom. The quantitative estimate of drug-likeness (QED) is 0.694. The Morgan fingerprint density at radius 1 is 1.16 bits per heavy atom. The molecule has 3 aliphatic heterocycles. The van der Waals surface area contributed by atoms with Gasteiger partial charge in [-0.25, -0.2) is 8.42 Å². The molecule has 2 N–H and O–H groups in total. The number of nitrogens with zero attached hydrogens (tertiary/aromatic N) is 1. The number of amidine groups is 1. The van der Waals surface area contributed by atoms with Gasteiger partial charge >= 0.3 is 0 Å². The number of benzene rings is 2. The molecule has 2 aromatic rings. The van der Waals surface area contributed by atoms with Crippen molar-refractivity contribution in [2.24, 2.45) is 4.99 Å². The van der Waals surface area contributed by atoms with E-state index in [1.54, 1.807) is 18.2 Å². The number of hydrogen-bond acceptors (Lipinski definition) is 8. The average molecular weight is 480 g/mol. The minimum atomic E-state index is -3.01. The Bertz CT molecular complexity index is 1200. The van der Waals surface area contributed by atoms with Crippen LogP contribution in [0.15, 0.2) is 41.4 Å². The summed E-state index contributed by atoms with van der Waals surface area (Å²) < 4.78 is 34.1. The van der Waals surface area contributed by atoms with Gasteiger partial charge in [0.2, 0.25) is 6.79 Å². The molecule has 0 spiro atoms. The van der Waals surface area contributed by atoms with Crippen LogP contribution in [0.25, 0.3) is 0 Å². The summed E-state index contributed by atoms with van der Waals surface area (Å²) in [5.74, 6) is 1.32. The summed E-state index contributed by atoms with van der Waals surface area (Å²) in [5, 5.41) is 7.01. The fraction of sp³-hybridized carbons (Fsp3) is 0.300. The molecule has 2 atom stereocenters. The van der Waals surface area contributed by atoms with Crippen LogP contribution in [0.2, 0.25) is 5.02 Å². The van der Waals surface area contributed by atoms with Crippen molar-refractivity contribution in [3.8, 4) is 11.5 Å². The van der Waals surface area contributed by atoms with E-state index in [0.29, 0.717) is 39.5 Å². The number of carbonyl (C=O) groups excluding carboxylic acids is 1. The van der Waals surface area contributed by atoms with Crippen molar-refractivity contribution in [3.63, 3.8) is 0 Å². The molecular weight excluding hydrogens is 462 g/mol. The van der Waals surface area contributed by atoms with Crippen molar-refractivity contribution in [2.45, 2.75) is 17.8 Å². The van der Waals surface area contributed by atoms with Gasteiger partial charge in [0.25, 0.3) is 5.91 Å². The molecule has 0 aliphatic carbocycles. The molecule has 0 saturated carbocycles. The van der Waals surface area contributed by atoms with Crippen LogP contribution in [-0.4, -0.2) is 49.1 Å². The highest BCUT2D eigenvalue weighted by molar-refractivity contribution is 8.15. The van der Waals surface area contributed by atoms with Gasteiger partial charge in [-0.05, 0) is 35.9 Å². The highest BCUT2D eigenvalue weighted by Crippen LogP contribution is 2.36. The molecule has 2 aromatic carbocycles. The summed E-state index contributed by atoms with van der Waals surface area (Å²) in [6.07, 6.45) is 0. The summed E-state index contributed by atoms with van der Waals surface area (Å²) in [5.41, 5.74) is 1.88. The van der Waals surface area contributed by atoms with Crippen molar-refractivity contribution < 1.29 is 22.7 Å². The molecule has 162 valence electrons. The highest BCUT2D eigenvalue weighted by atomic mass is 35.5. The van der Waals surface area contributed by atoms with Crippen LogP contribution in [0.4, 0.5) is 5.69 Å². The summed E-state index contributed by atoms with van der Waals surface area (Å²) in [6.45, 7) is 0.536. The van der Waals surface area contributed by atoms with Gasteiger partial charge in [-0.1, -0.05) is 29.4 Å². The van der Waals surface area contributed by atoms with E-state index in [0.717, 1.165) is 5.56 Å². The summed E-state index contributed by atoms with van der Waals surface area (Å²) in [4.78, 5) is 17.1.